The molecule has 0 aromatic carbocycles. The van der Waals surface area contributed by atoms with E-state index >= 15 is 0 Å². The summed E-state index contributed by atoms with van der Waals surface area (Å²) in [6.07, 6.45) is 1.74. The number of fused-ring (bicyclic) bond motifs is 1. The van der Waals surface area contributed by atoms with Gasteiger partial charge < -0.3 is 0 Å². The molecule has 0 radical (unpaired) electrons. The highest BCUT2D eigenvalue weighted by Gasteiger charge is 2.03. The van der Waals surface area contributed by atoms with Crippen LogP contribution >= 0.6 is 15.9 Å². The van der Waals surface area contributed by atoms with Gasteiger partial charge in [-0.15, -0.1) is 0 Å². The number of hydrogen-bond acceptors (Lipinski definition) is 2. The minimum atomic E-state index is 0.872. The molecule has 0 bridgehead atoms. The highest BCUT2D eigenvalue weighted by Crippen LogP contribution is 2.15. The molecular weight excluding hydrogens is 206 g/mol. The topological polar surface area (TPSA) is 30.2 Å². The molecule has 2 aromatic rings. The first-order chi connectivity index (χ1) is 5.29. The predicted molar refractivity (Wildman–Crippen MR) is 45.4 cm³/mol. The van der Waals surface area contributed by atoms with Gasteiger partial charge in [0.25, 0.3) is 0 Å². The molecule has 0 unspecified atom stereocenters. The van der Waals surface area contributed by atoms with E-state index in [0.29, 0.717) is 0 Å². The fourth-order valence-corrected chi connectivity index (χ4v) is 1.33. The molecule has 0 saturated carbocycles. The van der Waals surface area contributed by atoms with E-state index in [2.05, 4.69) is 26.0 Å². The van der Waals surface area contributed by atoms with E-state index in [4.69, 9.17) is 0 Å². The lowest BCUT2D eigenvalue weighted by molar-refractivity contribution is 0.913. The van der Waals surface area contributed by atoms with Crippen LogP contribution in [0.5, 0.6) is 0 Å². The molecule has 0 aliphatic rings. The van der Waals surface area contributed by atoms with E-state index in [1.54, 1.807) is 10.7 Å². The standard InChI is InChI=1S/C7H6BrN3/c1-5-7(8)11-6(10-5)3-2-4-9-11/h2-4H,1H3. The number of hydrogen-bond donors (Lipinski definition) is 0. The molecule has 0 N–H and O–H groups in total. The van der Waals surface area contributed by atoms with Crippen molar-refractivity contribution in [2.24, 2.45) is 0 Å². The average molecular weight is 212 g/mol. The average Bonchev–Trinajstić information content (AvgIpc) is 2.30. The summed E-state index contributed by atoms with van der Waals surface area (Å²) in [5.74, 6) is 0. The lowest BCUT2D eigenvalue weighted by Crippen LogP contribution is -1.88. The first-order valence-electron chi connectivity index (χ1n) is 3.25. The van der Waals surface area contributed by atoms with Crippen LogP contribution in [0.2, 0.25) is 0 Å². The number of aryl methyl sites for hydroxylation is 1. The maximum absolute atomic E-state index is 4.27. The van der Waals surface area contributed by atoms with Crippen molar-refractivity contribution in [1.82, 2.24) is 14.6 Å². The summed E-state index contributed by atoms with van der Waals surface area (Å²) in [4.78, 5) is 4.27. The number of rotatable bonds is 0. The minimum absolute atomic E-state index is 0.872. The van der Waals surface area contributed by atoms with Gasteiger partial charge in [0.2, 0.25) is 0 Å². The van der Waals surface area contributed by atoms with Crippen LogP contribution in [0.4, 0.5) is 0 Å². The second-order valence-corrected chi connectivity index (χ2v) is 3.03. The number of halogens is 1. The number of imidazole rings is 1. The summed E-state index contributed by atoms with van der Waals surface area (Å²) in [5, 5.41) is 4.11. The van der Waals surface area contributed by atoms with Crippen LogP contribution < -0.4 is 0 Å². The molecule has 11 heavy (non-hydrogen) atoms. The van der Waals surface area contributed by atoms with Crippen molar-refractivity contribution in [1.29, 1.82) is 0 Å². The Morgan fingerprint density at radius 2 is 2.36 bits per heavy atom. The molecule has 0 aliphatic heterocycles. The zero-order valence-electron chi connectivity index (χ0n) is 5.95. The molecule has 0 atom stereocenters. The van der Waals surface area contributed by atoms with Crippen LogP contribution in [0.15, 0.2) is 22.9 Å². The normalized spacial score (nSPS) is 10.7. The summed E-state index contributed by atoms with van der Waals surface area (Å²) in [7, 11) is 0. The summed E-state index contributed by atoms with van der Waals surface area (Å²) in [6.45, 7) is 1.94. The molecule has 0 fully saturated rings. The first-order valence-corrected chi connectivity index (χ1v) is 4.04. The third-order valence-electron chi connectivity index (χ3n) is 1.50. The summed E-state index contributed by atoms with van der Waals surface area (Å²) in [6, 6.07) is 3.79. The van der Waals surface area contributed by atoms with Gasteiger partial charge in [0.15, 0.2) is 5.65 Å². The summed E-state index contributed by atoms with van der Waals surface area (Å²) in [5.41, 5.74) is 1.83. The van der Waals surface area contributed by atoms with Crippen LogP contribution in [-0.2, 0) is 0 Å². The maximum Gasteiger partial charge on any atom is 0.155 e. The predicted octanol–water partition coefficient (Wildman–Crippen LogP) is 1.80. The van der Waals surface area contributed by atoms with E-state index in [1.165, 1.54) is 0 Å². The Bertz CT molecular complexity index is 393. The van der Waals surface area contributed by atoms with Crippen LogP contribution in [0, 0.1) is 6.92 Å². The van der Waals surface area contributed by atoms with Gasteiger partial charge in [0.1, 0.15) is 4.60 Å². The number of aromatic nitrogens is 3. The molecule has 2 aromatic heterocycles. The Kier molecular flexibility index (Phi) is 1.42. The van der Waals surface area contributed by atoms with E-state index in [0.717, 1.165) is 15.9 Å². The van der Waals surface area contributed by atoms with E-state index in [-0.39, 0.29) is 0 Å². The highest BCUT2D eigenvalue weighted by molar-refractivity contribution is 9.10. The van der Waals surface area contributed by atoms with Crippen molar-refractivity contribution in [3.63, 3.8) is 0 Å². The van der Waals surface area contributed by atoms with Crippen molar-refractivity contribution >= 4 is 21.6 Å². The zero-order chi connectivity index (χ0) is 7.84. The van der Waals surface area contributed by atoms with E-state index in [9.17, 15) is 0 Å². The zero-order valence-corrected chi connectivity index (χ0v) is 7.54. The lowest BCUT2D eigenvalue weighted by Gasteiger charge is -1.89. The van der Waals surface area contributed by atoms with Crippen LogP contribution in [0.3, 0.4) is 0 Å². The van der Waals surface area contributed by atoms with Gasteiger partial charge >= 0.3 is 0 Å². The molecule has 2 rings (SSSR count). The van der Waals surface area contributed by atoms with Crippen LogP contribution in [0.25, 0.3) is 5.65 Å². The maximum atomic E-state index is 4.27. The quantitative estimate of drug-likeness (QED) is 0.666. The second kappa shape index (κ2) is 2.30. The highest BCUT2D eigenvalue weighted by atomic mass is 79.9. The molecule has 3 nitrogen and oxygen atoms in total. The van der Waals surface area contributed by atoms with Gasteiger partial charge in [0, 0.05) is 6.20 Å². The Morgan fingerprint density at radius 1 is 1.55 bits per heavy atom. The molecule has 2 heterocycles. The van der Waals surface area contributed by atoms with Gasteiger partial charge in [-0.25, -0.2) is 9.50 Å². The molecule has 0 spiro atoms. The van der Waals surface area contributed by atoms with Gasteiger partial charge in [-0.3, -0.25) is 0 Å². The van der Waals surface area contributed by atoms with Crippen molar-refractivity contribution in [3.05, 3.63) is 28.6 Å². The van der Waals surface area contributed by atoms with Crippen molar-refractivity contribution in [3.8, 4) is 0 Å². The molecule has 0 saturated heterocycles. The van der Waals surface area contributed by atoms with Crippen molar-refractivity contribution < 1.29 is 0 Å². The van der Waals surface area contributed by atoms with Crippen LogP contribution in [-0.4, -0.2) is 14.6 Å². The fourth-order valence-electron chi connectivity index (χ4n) is 0.971. The van der Waals surface area contributed by atoms with E-state index < -0.39 is 0 Å². The molecule has 4 heteroatoms. The third-order valence-corrected chi connectivity index (χ3v) is 2.41. The number of nitrogens with zero attached hydrogens (tertiary/aromatic N) is 3. The Balaban J connectivity index is 2.92. The third kappa shape index (κ3) is 0.939. The van der Waals surface area contributed by atoms with E-state index in [1.807, 2.05) is 19.1 Å². The SMILES string of the molecule is Cc1nc2cccnn2c1Br. The lowest BCUT2D eigenvalue weighted by atomic mass is 10.6. The van der Waals surface area contributed by atoms with Crippen molar-refractivity contribution in [2.45, 2.75) is 6.92 Å². The monoisotopic (exact) mass is 211 g/mol. The Labute approximate surface area is 72.2 Å². The molecule has 56 valence electrons. The minimum Gasteiger partial charge on any atom is -0.231 e. The Morgan fingerprint density at radius 3 is 3.09 bits per heavy atom. The Hall–Kier alpha value is -0.900. The summed E-state index contributed by atoms with van der Waals surface area (Å²) < 4.78 is 2.68. The summed E-state index contributed by atoms with van der Waals surface area (Å²) >= 11 is 3.39. The van der Waals surface area contributed by atoms with Gasteiger partial charge in [-0.2, -0.15) is 5.10 Å². The second-order valence-electron chi connectivity index (χ2n) is 2.28. The molecular formula is C7H6BrN3. The first kappa shape index (κ1) is 6.79. The fraction of sp³-hybridized carbons (Fsp3) is 0.143. The largest absolute Gasteiger partial charge is 0.231 e. The van der Waals surface area contributed by atoms with Crippen LogP contribution in [0.1, 0.15) is 5.69 Å². The van der Waals surface area contributed by atoms with Gasteiger partial charge in [-0.05, 0) is 35.0 Å². The van der Waals surface area contributed by atoms with Gasteiger partial charge in [-0.1, -0.05) is 0 Å². The smallest absolute Gasteiger partial charge is 0.155 e. The molecule has 0 amide bonds. The van der Waals surface area contributed by atoms with Crippen molar-refractivity contribution in [2.75, 3.05) is 0 Å². The molecule has 0 aliphatic carbocycles. The van der Waals surface area contributed by atoms with Gasteiger partial charge in [0.05, 0.1) is 5.69 Å².